The van der Waals surface area contributed by atoms with Crippen LogP contribution in [0.3, 0.4) is 0 Å². The van der Waals surface area contributed by atoms with E-state index in [9.17, 15) is 10.2 Å². The monoisotopic (exact) mass is 416 g/mol. The molecule has 0 spiro atoms. The number of fused-ring (bicyclic) bond motifs is 7. The molecule has 4 aliphatic carbocycles. The minimum atomic E-state index is -1.09. The van der Waals surface area contributed by atoms with Crippen molar-refractivity contribution >= 4 is 0 Å². The summed E-state index contributed by atoms with van der Waals surface area (Å²) < 4.78 is 6.45. The van der Waals surface area contributed by atoms with Crippen molar-refractivity contribution in [3.05, 3.63) is 12.2 Å². The summed E-state index contributed by atoms with van der Waals surface area (Å²) in [5.74, 6) is 3.02. The highest BCUT2D eigenvalue weighted by Gasteiger charge is 2.68. The van der Waals surface area contributed by atoms with Crippen molar-refractivity contribution < 1.29 is 14.9 Å². The third kappa shape index (κ3) is 2.94. The first kappa shape index (κ1) is 21.5. The molecule has 3 unspecified atom stereocenters. The van der Waals surface area contributed by atoms with Crippen LogP contribution < -0.4 is 0 Å². The molecule has 1 saturated heterocycles. The van der Waals surface area contributed by atoms with Crippen LogP contribution in [0.1, 0.15) is 86.0 Å². The van der Waals surface area contributed by atoms with Gasteiger partial charge in [0, 0.05) is 5.92 Å². The molecule has 0 bridgehead atoms. The van der Waals surface area contributed by atoms with E-state index in [1.807, 2.05) is 6.08 Å². The Labute approximate surface area is 183 Å². The summed E-state index contributed by atoms with van der Waals surface area (Å²) in [6, 6.07) is 0. The van der Waals surface area contributed by atoms with Gasteiger partial charge in [0.25, 0.3) is 0 Å². The Kier molecular flexibility index (Phi) is 5.05. The second-order valence-electron chi connectivity index (χ2n) is 12.7. The van der Waals surface area contributed by atoms with Gasteiger partial charge in [-0.3, -0.25) is 0 Å². The normalized spacial score (nSPS) is 57.9. The van der Waals surface area contributed by atoms with Gasteiger partial charge in [-0.15, -0.1) is 0 Å². The van der Waals surface area contributed by atoms with Crippen LogP contribution in [0.2, 0.25) is 0 Å². The standard InChI is InChI=1S/C27H44O3/c1-16(2)8-13-27(29)17(3)24-23(30-27)15-22-20-7-6-18-14-19(28)9-11-25(18,4)21(20)10-12-26(22,24)5/h8,13,16-24,28-29H,6-7,9-12,14-15H2,1-5H3/b13-8+/t17-,18+,19-,20+,21-,22-,23?,24?,25-,26+,27?/m0/s1. The fourth-order valence-electron chi connectivity index (χ4n) is 9.41. The smallest absolute Gasteiger partial charge is 0.188 e. The van der Waals surface area contributed by atoms with Gasteiger partial charge in [-0.25, -0.2) is 0 Å². The Balaban J connectivity index is 1.40. The van der Waals surface area contributed by atoms with Crippen LogP contribution in [0, 0.1) is 52.3 Å². The molecule has 2 N–H and O–H groups in total. The Hall–Kier alpha value is -0.380. The van der Waals surface area contributed by atoms with E-state index in [4.69, 9.17) is 4.74 Å². The lowest BCUT2D eigenvalue weighted by Crippen LogP contribution is -2.54. The van der Waals surface area contributed by atoms with Gasteiger partial charge in [0.1, 0.15) is 0 Å². The first-order chi connectivity index (χ1) is 14.1. The van der Waals surface area contributed by atoms with E-state index >= 15 is 0 Å². The highest BCUT2D eigenvalue weighted by Crippen LogP contribution is 2.70. The molecular weight excluding hydrogens is 372 g/mol. The van der Waals surface area contributed by atoms with Gasteiger partial charge in [0.2, 0.25) is 0 Å². The van der Waals surface area contributed by atoms with Crippen LogP contribution in [-0.4, -0.2) is 28.2 Å². The van der Waals surface area contributed by atoms with E-state index < -0.39 is 5.79 Å². The van der Waals surface area contributed by atoms with Crippen molar-refractivity contribution in [1.29, 1.82) is 0 Å². The Bertz CT molecular complexity index is 702. The van der Waals surface area contributed by atoms with E-state index in [2.05, 4.69) is 40.7 Å². The molecule has 5 rings (SSSR count). The number of hydrogen-bond acceptors (Lipinski definition) is 3. The Morgan fingerprint density at radius 3 is 2.43 bits per heavy atom. The lowest BCUT2D eigenvalue weighted by molar-refractivity contribution is -0.183. The quantitative estimate of drug-likeness (QED) is 0.580. The molecule has 5 fully saturated rings. The number of hydrogen-bond donors (Lipinski definition) is 2. The largest absolute Gasteiger partial charge is 0.393 e. The van der Waals surface area contributed by atoms with Gasteiger partial charge in [-0.1, -0.05) is 40.7 Å². The molecule has 0 amide bonds. The molecule has 4 saturated carbocycles. The molecule has 0 aromatic rings. The van der Waals surface area contributed by atoms with Gasteiger partial charge in [-0.05, 0) is 104 Å². The SMILES string of the molecule is CC(C)/C=C/C1(O)OC2C[C@H]3[C@@H]4CC[C@@H]5C[C@@H](O)CC[C@]5(C)[C@H]4CC[C@@]3(C)C2[C@@H]1C. The summed E-state index contributed by atoms with van der Waals surface area (Å²) >= 11 is 0. The van der Waals surface area contributed by atoms with Crippen molar-refractivity contribution in [2.75, 3.05) is 0 Å². The average Bonchev–Trinajstić information content (AvgIpc) is 3.11. The average molecular weight is 417 g/mol. The van der Waals surface area contributed by atoms with Gasteiger partial charge < -0.3 is 14.9 Å². The van der Waals surface area contributed by atoms with Crippen molar-refractivity contribution in [2.24, 2.45) is 52.3 Å². The molecule has 0 aromatic carbocycles. The number of aliphatic hydroxyl groups is 2. The molecule has 3 nitrogen and oxygen atoms in total. The van der Waals surface area contributed by atoms with Crippen molar-refractivity contribution in [2.45, 2.75) is 104 Å². The van der Waals surface area contributed by atoms with Crippen LogP contribution >= 0.6 is 0 Å². The molecule has 30 heavy (non-hydrogen) atoms. The second kappa shape index (κ2) is 7.06. The molecule has 0 aromatic heterocycles. The summed E-state index contributed by atoms with van der Waals surface area (Å²) in [4.78, 5) is 0. The first-order valence-electron chi connectivity index (χ1n) is 12.9. The highest BCUT2D eigenvalue weighted by molar-refractivity contribution is 5.17. The van der Waals surface area contributed by atoms with Crippen LogP contribution in [0.5, 0.6) is 0 Å². The number of aliphatic hydroxyl groups excluding tert-OH is 1. The van der Waals surface area contributed by atoms with Gasteiger partial charge in [0.15, 0.2) is 5.79 Å². The van der Waals surface area contributed by atoms with E-state index in [0.29, 0.717) is 28.6 Å². The fraction of sp³-hybridized carbons (Fsp3) is 0.926. The maximum absolute atomic E-state index is 11.3. The zero-order valence-corrected chi connectivity index (χ0v) is 19.8. The third-order valence-corrected chi connectivity index (χ3v) is 11.0. The van der Waals surface area contributed by atoms with E-state index in [-0.39, 0.29) is 18.1 Å². The summed E-state index contributed by atoms with van der Waals surface area (Å²) in [7, 11) is 0. The zero-order chi connectivity index (χ0) is 21.5. The molecule has 170 valence electrons. The van der Waals surface area contributed by atoms with Crippen molar-refractivity contribution in [1.82, 2.24) is 0 Å². The van der Waals surface area contributed by atoms with Crippen LogP contribution in [0.25, 0.3) is 0 Å². The highest BCUT2D eigenvalue weighted by atomic mass is 16.6. The lowest BCUT2D eigenvalue weighted by atomic mass is 9.44. The van der Waals surface area contributed by atoms with Gasteiger partial charge in [-0.2, -0.15) is 0 Å². The summed E-state index contributed by atoms with van der Waals surface area (Å²) in [6.45, 7) is 11.6. The van der Waals surface area contributed by atoms with E-state index in [1.165, 1.54) is 32.1 Å². The Morgan fingerprint density at radius 1 is 0.967 bits per heavy atom. The zero-order valence-electron chi connectivity index (χ0n) is 19.8. The minimum absolute atomic E-state index is 0.0647. The van der Waals surface area contributed by atoms with Crippen LogP contribution in [0.15, 0.2) is 12.2 Å². The molecular formula is C27H44O3. The first-order valence-corrected chi connectivity index (χ1v) is 12.9. The van der Waals surface area contributed by atoms with Gasteiger partial charge in [0.05, 0.1) is 12.2 Å². The van der Waals surface area contributed by atoms with Crippen molar-refractivity contribution in [3.8, 4) is 0 Å². The van der Waals surface area contributed by atoms with E-state index in [1.54, 1.807) is 0 Å². The number of ether oxygens (including phenoxy) is 1. The number of rotatable bonds is 2. The molecule has 0 radical (unpaired) electrons. The minimum Gasteiger partial charge on any atom is -0.393 e. The molecule has 1 aliphatic heterocycles. The second-order valence-corrected chi connectivity index (χ2v) is 12.7. The van der Waals surface area contributed by atoms with Gasteiger partial charge >= 0.3 is 0 Å². The van der Waals surface area contributed by atoms with Crippen LogP contribution in [0.4, 0.5) is 0 Å². The van der Waals surface area contributed by atoms with Crippen LogP contribution in [-0.2, 0) is 4.74 Å². The summed E-state index contributed by atoms with van der Waals surface area (Å²) in [5.41, 5.74) is 0.715. The Morgan fingerprint density at radius 2 is 1.70 bits per heavy atom. The maximum Gasteiger partial charge on any atom is 0.188 e. The molecule has 1 heterocycles. The summed E-state index contributed by atoms with van der Waals surface area (Å²) in [6.07, 6.45) is 13.8. The molecule has 5 aliphatic rings. The predicted octanol–water partition coefficient (Wildman–Crippen LogP) is 5.55. The third-order valence-electron chi connectivity index (χ3n) is 11.0. The number of allylic oxidation sites excluding steroid dienone is 1. The molecule has 3 heteroatoms. The summed E-state index contributed by atoms with van der Waals surface area (Å²) in [5, 5.41) is 21.6. The van der Waals surface area contributed by atoms with Crippen molar-refractivity contribution in [3.63, 3.8) is 0 Å². The maximum atomic E-state index is 11.3. The topological polar surface area (TPSA) is 49.7 Å². The predicted molar refractivity (Wildman–Crippen MR) is 120 cm³/mol. The fourth-order valence-corrected chi connectivity index (χ4v) is 9.41. The lowest BCUT2D eigenvalue weighted by Gasteiger charge is -2.61. The molecule has 11 atom stereocenters. The van der Waals surface area contributed by atoms with E-state index in [0.717, 1.165) is 37.0 Å².